The Labute approximate surface area is 114 Å². The molecule has 1 N–H and O–H groups in total. The number of hydrogen-bond acceptors (Lipinski definition) is 4. The Morgan fingerprint density at radius 1 is 1.47 bits per heavy atom. The fourth-order valence-electron chi connectivity index (χ4n) is 1.32. The smallest absolute Gasteiger partial charge is 0.328 e. The summed E-state index contributed by atoms with van der Waals surface area (Å²) in [5, 5.41) is 8.57. The van der Waals surface area contributed by atoms with Crippen molar-refractivity contribution < 1.29 is 23.8 Å². The van der Waals surface area contributed by atoms with Gasteiger partial charge in [0, 0.05) is 11.8 Å². The van der Waals surface area contributed by atoms with Crippen molar-refractivity contribution in [1.82, 2.24) is 0 Å². The molecule has 4 nitrogen and oxygen atoms in total. The number of esters is 1. The highest BCUT2D eigenvalue weighted by molar-refractivity contribution is 7.99. The molecule has 0 spiro atoms. The number of carboxylic acids is 1. The zero-order valence-corrected chi connectivity index (χ0v) is 11.1. The van der Waals surface area contributed by atoms with Gasteiger partial charge in [0.25, 0.3) is 0 Å². The molecular formula is C13H13FO4S. The molecule has 0 heterocycles. The normalized spacial score (nSPS) is 10.6. The molecule has 19 heavy (non-hydrogen) atoms. The van der Waals surface area contributed by atoms with Crippen LogP contribution in [0.25, 0.3) is 6.08 Å². The van der Waals surface area contributed by atoms with Crippen LogP contribution in [0.5, 0.6) is 0 Å². The predicted molar refractivity (Wildman–Crippen MR) is 71.2 cm³/mol. The predicted octanol–water partition coefficient (Wildman–Crippen LogP) is 2.33. The molecule has 0 saturated heterocycles. The summed E-state index contributed by atoms with van der Waals surface area (Å²) in [6.07, 6.45) is 2.28. The molecule has 0 bridgehead atoms. The van der Waals surface area contributed by atoms with E-state index in [1.165, 1.54) is 37.1 Å². The van der Waals surface area contributed by atoms with Crippen molar-refractivity contribution in [2.75, 3.05) is 12.9 Å². The molecule has 0 aliphatic carbocycles. The third-order valence-corrected chi connectivity index (χ3v) is 3.17. The van der Waals surface area contributed by atoms with E-state index in [4.69, 9.17) is 5.11 Å². The van der Waals surface area contributed by atoms with Crippen LogP contribution in [0, 0.1) is 5.82 Å². The van der Waals surface area contributed by atoms with Gasteiger partial charge in [-0.2, -0.15) is 0 Å². The third-order valence-electron chi connectivity index (χ3n) is 2.22. The van der Waals surface area contributed by atoms with Crippen LogP contribution in [-0.2, 0) is 20.1 Å². The van der Waals surface area contributed by atoms with E-state index in [-0.39, 0.29) is 11.7 Å². The first kappa shape index (κ1) is 15.2. The summed E-state index contributed by atoms with van der Waals surface area (Å²) in [7, 11) is 1.31. The Morgan fingerprint density at radius 3 is 2.84 bits per heavy atom. The number of methoxy groups -OCH3 is 1. The van der Waals surface area contributed by atoms with E-state index in [1.54, 1.807) is 6.07 Å². The van der Waals surface area contributed by atoms with Crippen LogP contribution in [-0.4, -0.2) is 29.9 Å². The second-order valence-corrected chi connectivity index (χ2v) is 4.57. The van der Waals surface area contributed by atoms with Gasteiger partial charge in [-0.05, 0) is 29.3 Å². The van der Waals surface area contributed by atoms with Gasteiger partial charge in [0.1, 0.15) is 5.82 Å². The van der Waals surface area contributed by atoms with Gasteiger partial charge in [0.05, 0.1) is 12.9 Å². The average molecular weight is 284 g/mol. The number of halogens is 1. The number of benzene rings is 1. The van der Waals surface area contributed by atoms with Gasteiger partial charge >= 0.3 is 11.9 Å². The number of carbonyl (C=O) groups is 2. The molecule has 1 aromatic carbocycles. The summed E-state index contributed by atoms with van der Waals surface area (Å²) in [4.78, 5) is 21.4. The molecule has 0 radical (unpaired) electrons. The first-order chi connectivity index (χ1) is 9.02. The van der Waals surface area contributed by atoms with Crippen molar-refractivity contribution in [3.8, 4) is 0 Å². The van der Waals surface area contributed by atoms with Crippen molar-refractivity contribution in [3.63, 3.8) is 0 Å². The Bertz CT molecular complexity index is 499. The van der Waals surface area contributed by atoms with Crippen molar-refractivity contribution in [1.29, 1.82) is 0 Å². The minimum absolute atomic E-state index is 0.190. The van der Waals surface area contributed by atoms with Crippen LogP contribution in [0.3, 0.4) is 0 Å². The lowest BCUT2D eigenvalue weighted by molar-refractivity contribution is -0.137. The summed E-state index contributed by atoms with van der Waals surface area (Å²) >= 11 is 1.32. The van der Waals surface area contributed by atoms with Crippen LogP contribution >= 0.6 is 11.8 Å². The first-order valence-electron chi connectivity index (χ1n) is 5.37. The zero-order valence-electron chi connectivity index (χ0n) is 10.3. The molecule has 6 heteroatoms. The second kappa shape index (κ2) is 7.58. The maximum absolute atomic E-state index is 13.1. The van der Waals surface area contributed by atoms with Crippen molar-refractivity contribution in [2.45, 2.75) is 5.75 Å². The summed E-state index contributed by atoms with van der Waals surface area (Å²) in [6, 6.07) is 4.13. The molecular weight excluding hydrogens is 271 g/mol. The van der Waals surface area contributed by atoms with Crippen LogP contribution in [0.2, 0.25) is 0 Å². The maximum atomic E-state index is 13.1. The lowest BCUT2D eigenvalue weighted by Gasteiger charge is -2.06. The van der Waals surface area contributed by atoms with Crippen LogP contribution in [0.15, 0.2) is 24.3 Å². The summed E-state index contributed by atoms with van der Waals surface area (Å²) in [6.45, 7) is 0. The van der Waals surface area contributed by atoms with E-state index in [9.17, 15) is 14.0 Å². The molecule has 0 aliphatic heterocycles. The van der Waals surface area contributed by atoms with Crippen molar-refractivity contribution in [2.24, 2.45) is 0 Å². The Kier molecular flexibility index (Phi) is 6.08. The van der Waals surface area contributed by atoms with Crippen LogP contribution in [0.1, 0.15) is 11.1 Å². The molecule has 0 atom stereocenters. The molecule has 0 aliphatic rings. The molecule has 1 rings (SSSR count). The standard InChI is InChI=1S/C13H13FO4S/c1-18-13(17)8-19-7-10-2-4-11(14)6-9(10)3-5-12(15)16/h2-6H,7-8H2,1H3,(H,15,16)/b5-3+. The molecule has 1 aromatic rings. The summed E-state index contributed by atoms with van der Waals surface area (Å²) < 4.78 is 17.6. The Morgan fingerprint density at radius 2 is 2.21 bits per heavy atom. The van der Waals surface area contributed by atoms with Gasteiger partial charge in [-0.3, -0.25) is 4.79 Å². The minimum Gasteiger partial charge on any atom is -0.478 e. The number of carboxylic acid groups (broad SMARTS) is 1. The molecule has 0 aromatic heterocycles. The molecule has 0 unspecified atom stereocenters. The highest BCUT2D eigenvalue weighted by Gasteiger charge is 2.05. The van der Waals surface area contributed by atoms with E-state index in [0.29, 0.717) is 11.3 Å². The van der Waals surface area contributed by atoms with E-state index in [1.807, 2.05) is 0 Å². The minimum atomic E-state index is -1.10. The lowest BCUT2D eigenvalue weighted by atomic mass is 10.1. The van der Waals surface area contributed by atoms with Gasteiger partial charge in [-0.25, -0.2) is 9.18 Å². The molecule has 0 saturated carbocycles. The number of rotatable bonds is 6. The van der Waals surface area contributed by atoms with E-state index >= 15 is 0 Å². The van der Waals surface area contributed by atoms with Crippen molar-refractivity contribution in [3.05, 3.63) is 41.2 Å². The lowest BCUT2D eigenvalue weighted by Crippen LogP contribution is -2.03. The fraction of sp³-hybridized carbons (Fsp3) is 0.231. The van der Waals surface area contributed by atoms with Crippen molar-refractivity contribution >= 4 is 29.8 Å². The van der Waals surface area contributed by atoms with Gasteiger partial charge < -0.3 is 9.84 Å². The van der Waals surface area contributed by atoms with Gasteiger partial charge in [-0.1, -0.05) is 6.07 Å². The Balaban J connectivity index is 2.76. The number of carbonyl (C=O) groups excluding carboxylic acids is 1. The number of aliphatic carboxylic acids is 1. The third kappa shape index (κ3) is 5.56. The SMILES string of the molecule is COC(=O)CSCc1ccc(F)cc1/C=C/C(=O)O. The maximum Gasteiger partial charge on any atom is 0.328 e. The topological polar surface area (TPSA) is 63.6 Å². The van der Waals surface area contributed by atoms with E-state index in [2.05, 4.69) is 4.74 Å². The number of ether oxygens (including phenoxy) is 1. The fourth-order valence-corrected chi connectivity index (χ4v) is 2.19. The number of hydrogen-bond donors (Lipinski definition) is 1. The summed E-state index contributed by atoms with van der Waals surface area (Å²) in [5.74, 6) is -1.22. The highest BCUT2D eigenvalue weighted by atomic mass is 32.2. The second-order valence-electron chi connectivity index (χ2n) is 3.58. The molecule has 0 fully saturated rings. The average Bonchev–Trinajstić information content (AvgIpc) is 2.38. The van der Waals surface area contributed by atoms with Crippen LogP contribution in [0.4, 0.5) is 4.39 Å². The summed E-state index contributed by atoms with van der Waals surface area (Å²) in [5.41, 5.74) is 1.24. The number of thioether (sulfide) groups is 1. The Hall–Kier alpha value is -1.82. The van der Waals surface area contributed by atoms with Gasteiger partial charge in [0.2, 0.25) is 0 Å². The largest absolute Gasteiger partial charge is 0.478 e. The van der Waals surface area contributed by atoms with E-state index in [0.717, 1.165) is 11.6 Å². The van der Waals surface area contributed by atoms with Gasteiger partial charge in [-0.15, -0.1) is 11.8 Å². The van der Waals surface area contributed by atoms with E-state index < -0.39 is 11.8 Å². The quantitative estimate of drug-likeness (QED) is 0.641. The molecule has 0 amide bonds. The molecule has 102 valence electrons. The van der Waals surface area contributed by atoms with Crippen LogP contribution < -0.4 is 0 Å². The first-order valence-corrected chi connectivity index (χ1v) is 6.52. The highest BCUT2D eigenvalue weighted by Crippen LogP contribution is 2.19. The zero-order chi connectivity index (χ0) is 14.3. The monoisotopic (exact) mass is 284 g/mol. The van der Waals surface area contributed by atoms with Gasteiger partial charge in [0.15, 0.2) is 0 Å².